The summed E-state index contributed by atoms with van der Waals surface area (Å²) >= 11 is 3.39. The number of rotatable bonds is 4. The number of anilines is 1. The Hall–Kier alpha value is -1.95. The third kappa shape index (κ3) is 3.51. The van der Waals surface area contributed by atoms with Gasteiger partial charge in [-0.05, 0) is 30.7 Å². The normalized spacial score (nSPS) is 10.2. The summed E-state index contributed by atoms with van der Waals surface area (Å²) in [5.41, 5.74) is 1.75. The second kappa shape index (κ2) is 5.79. The van der Waals surface area contributed by atoms with Crippen molar-refractivity contribution in [3.8, 4) is 0 Å². The van der Waals surface area contributed by atoms with E-state index in [0.717, 1.165) is 15.7 Å². The molecule has 0 atom stereocenters. The Bertz CT molecular complexity index is 617. The first-order chi connectivity index (χ1) is 9.06. The van der Waals surface area contributed by atoms with Crippen LogP contribution in [0.15, 0.2) is 40.9 Å². The van der Waals surface area contributed by atoms with Crippen LogP contribution in [-0.2, 0) is 6.54 Å². The molecule has 0 aliphatic rings. The van der Waals surface area contributed by atoms with Gasteiger partial charge in [0.05, 0.1) is 4.92 Å². The number of benzene rings is 1. The highest BCUT2D eigenvalue weighted by Gasteiger charge is 2.14. The fourth-order valence-electron chi connectivity index (χ4n) is 1.66. The molecule has 0 unspecified atom stereocenters. The molecule has 0 aliphatic carbocycles. The number of hydrogen-bond donors (Lipinski definition) is 1. The standard InChI is InChI=1S/C13H12BrN3O2/c1-9-5-6-12(17(18)19)13(16-9)15-8-10-3-2-4-11(14)7-10/h2-7H,8H2,1H3,(H,15,16). The molecule has 0 bridgehead atoms. The minimum atomic E-state index is -0.435. The number of nitrogens with one attached hydrogen (secondary N) is 1. The van der Waals surface area contributed by atoms with Crippen molar-refractivity contribution in [1.82, 2.24) is 4.98 Å². The topological polar surface area (TPSA) is 68.1 Å². The Morgan fingerprint density at radius 3 is 2.84 bits per heavy atom. The monoisotopic (exact) mass is 321 g/mol. The lowest BCUT2D eigenvalue weighted by atomic mass is 10.2. The Morgan fingerprint density at radius 1 is 1.37 bits per heavy atom. The first-order valence-corrected chi connectivity index (χ1v) is 6.46. The Balaban J connectivity index is 2.19. The van der Waals surface area contributed by atoms with E-state index in [4.69, 9.17) is 0 Å². The van der Waals surface area contributed by atoms with Gasteiger partial charge >= 0.3 is 5.69 Å². The zero-order chi connectivity index (χ0) is 13.8. The quantitative estimate of drug-likeness (QED) is 0.689. The van der Waals surface area contributed by atoms with Crippen molar-refractivity contribution in [2.75, 3.05) is 5.32 Å². The zero-order valence-corrected chi connectivity index (χ0v) is 11.8. The van der Waals surface area contributed by atoms with Gasteiger partial charge in [0.15, 0.2) is 0 Å². The van der Waals surface area contributed by atoms with Gasteiger partial charge in [0, 0.05) is 22.8 Å². The van der Waals surface area contributed by atoms with Crippen molar-refractivity contribution < 1.29 is 4.92 Å². The van der Waals surface area contributed by atoms with E-state index in [0.29, 0.717) is 12.4 Å². The number of halogens is 1. The molecule has 0 saturated heterocycles. The summed E-state index contributed by atoms with van der Waals surface area (Å²) in [7, 11) is 0. The van der Waals surface area contributed by atoms with Crippen molar-refractivity contribution in [2.45, 2.75) is 13.5 Å². The first kappa shape index (κ1) is 13.5. The summed E-state index contributed by atoms with van der Waals surface area (Å²) < 4.78 is 0.971. The maximum absolute atomic E-state index is 10.9. The van der Waals surface area contributed by atoms with Crippen molar-refractivity contribution in [3.05, 3.63) is 62.2 Å². The van der Waals surface area contributed by atoms with E-state index in [-0.39, 0.29) is 5.69 Å². The van der Waals surface area contributed by atoms with E-state index < -0.39 is 4.92 Å². The van der Waals surface area contributed by atoms with Gasteiger partial charge in [0.1, 0.15) is 0 Å². The van der Waals surface area contributed by atoms with Crippen LogP contribution in [0.25, 0.3) is 0 Å². The Kier molecular flexibility index (Phi) is 4.11. The summed E-state index contributed by atoms with van der Waals surface area (Å²) in [4.78, 5) is 14.6. The van der Waals surface area contributed by atoms with Crippen molar-refractivity contribution in [3.63, 3.8) is 0 Å². The first-order valence-electron chi connectivity index (χ1n) is 5.66. The molecule has 1 aromatic heterocycles. The maximum atomic E-state index is 10.9. The van der Waals surface area contributed by atoms with Gasteiger partial charge < -0.3 is 5.32 Å². The molecule has 19 heavy (non-hydrogen) atoms. The van der Waals surface area contributed by atoms with Gasteiger partial charge in [-0.3, -0.25) is 10.1 Å². The maximum Gasteiger partial charge on any atom is 0.311 e. The van der Waals surface area contributed by atoms with E-state index in [2.05, 4.69) is 26.2 Å². The van der Waals surface area contributed by atoms with E-state index in [9.17, 15) is 10.1 Å². The lowest BCUT2D eigenvalue weighted by Gasteiger charge is -2.07. The molecule has 6 heteroatoms. The number of aryl methyl sites for hydroxylation is 1. The van der Waals surface area contributed by atoms with Crippen LogP contribution in [0.1, 0.15) is 11.3 Å². The highest BCUT2D eigenvalue weighted by atomic mass is 79.9. The zero-order valence-electron chi connectivity index (χ0n) is 10.3. The fourth-order valence-corrected chi connectivity index (χ4v) is 2.11. The van der Waals surface area contributed by atoms with Crippen LogP contribution in [0.2, 0.25) is 0 Å². The smallest absolute Gasteiger partial charge is 0.311 e. The molecular formula is C13H12BrN3O2. The molecule has 1 heterocycles. The van der Waals surface area contributed by atoms with Gasteiger partial charge in [-0.25, -0.2) is 4.98 Å². The lowest BCUT2D eigenvalue weighted by Crippen LogP contribution is -2.05. The van der Waals surface area contributed by atoms with Gasteiger partial charge in [-0.15, -0.1) is 0 Å². The lowest BCUT2D eigenvalue weighted by molar-refractivity contribution is -0.384. The summed E-state index contributed by atoms with van der Waals surface area (Å²) in [6.07, 6.45) is 0. The third-order valence-corrected chi connectivity index (χ3v) is 3.05. The second-order valence-electron chi connectivity index (χ2n) is 4.06. The summed E-state index contributed by atoms with van der Waals surface area (Å²) in [6.45, 7) is 2.28. The number of nitrogens with zero attached hydrogens (tertiary/aromatic N) is 2. The minimum Gasteiger partial charge on any atom is -0.360 e. The fraction of sp³-hybridized carbons (Fsp3) is 0.154. The average molecular weight is 322 g/mol. The average Bonchev–Trinajstić information content (AvgIpc) is 2.36. The summed E-state index contributed by atoms with van der Waals surface area (Å²) in [5, 5.41) is 13.9. The van der Waals surface area contributed by atoms with Gasteiger partial charge in [-0.2, -0.15) is 0 Å². The van der Waals surface area contributed by atoms with Gasteiger partial charge in [-0.1, -0.05) is 28.1 Å². The highest BCUT2D eigenvalue weighted by molar-refractivity contribution is 9.10. The second-order valence-corrected chi connectivity index (χ2v) is 4.98. The molecule has 2 rings (SSSR count). The van der Waals surface area contributed by atoms with Crippen LogP contribution < -0.4 is 5.32 Å². The molecule has 98 valence electrons. The predicted molar refractivity (Wildman–Crippen MR) is 77.1 cm³/mol. The molecule has 0 radical (unpaired) electrons. The molecule has 0 saturated carbocycles. The van der Waals surface area contributed by atoms with E-state index in [1.807, 2.05) is 24.3 Å². The van der Waals surface area contributed by atoms with Crippen LogP contribution in [0, 0.1) is 17.0 Å². The molecule has 0 fully saturated rings. The molecule has 0 aliphatic heterocycles. The van der Waals surface area contributed by atoms with Gasteiger partial charge in [0.2, 0.25) is 5.82 Å². The SMILES string of the molecule is Cc1ccc([N+](=O)[O-])c(NCc2cccc(Br)c2)n1. The highest BCUT2D eigenvalue weighted by Crippen LogP contribution is 2.22. The number of aromatic nitrogens is 1. The minimum absolute atomic E-state index is 0.0133. The predicted octanol–water partition coefficient (Wildman–Crippen LogP) is 3.67. The summed E-state index contributed by atoms with van der Waals surface area (Å²) in [6, 6.07) is 10.8. The summed E-state index contributed by atoms with van der Waals surface area (Å²) in [5.74, 6) is 0.296. The molecule has 1 aromatic carbocycles. The van der Waals surface area contributed by atoms with E-state index >= 15 is 0 Å². The molecule has 0 amide bonds. The Morgan fingerprint density at radius 2 is 2.16 bits per heavy atom. The van der Waals surface area contributed by atoms with Crippen LogP contribution in [0.4, 0.5) is 11.5 Å². The van der Waals surface area contributed by atoms with Crippen molar-refractivity contribution in [2.24, 2.45) is 0 Å². The van der Waals surface area contributed by atoms with E-state index in [1.165, 1.54) is 6.07 Å². The largest absolute Gasteiger partial charge is 0.360 e. The van der Waals surface area contributed by atoms with Crippen LogP contribution in [0.3, 0.4) is 0 Å². The number of pyridine rings is 1. The molecule has 0 spiro atoms. The number of hydrogen-bond acceptors (Lipinski definition) is 4. The molecule has 2 aromatic rings. The van der Waals surface area contributed by atoms with E-state index in [1.54, 1.807) is 13.0 Å². The van der Waals surface area contributed by atoms with Crippen LogP contribution in [-0.4, -0.2) is 9.91 Å². The van der Waals surface area contributed by atoms with Crippen molar-refractivity contribution >= 4 is 27.4 Å². The third-order valence-electron chi connectivity index (χ3n) is 2.56. The molecule has 5 nitrogen and oxygen atoms in total. The Labute approximate surface area is 119 Å². The van der Waals surface area contributed by atoms with Crippen LogP contribution in [0.5, 0.6) is 0 Å². The molecular weight excluding hydrogens is 310 g/mol. The number of nitro groups is 1. The van der Waals surface area contributed by atoms with Crippen LogP contribution >= 0.6 is 15.9 Å². The van der Waals surface area contributed by atoms with Crippen molar-refractivity contribution in [1.29, 1.82) is 0 Å². The molecule has 1 N–H and O–H groups in total. The van der Waals surface area contributed by atoms with Gasteiger partial charge in [0.25, 0.3) is 0 Å².